The summed E-state index contributed by atoms with van der Waals surface area (Å²) < 4.78 is 1.01. The van der Waals surface area contributed by atoms with Gasteiger partial charge in [0.05, 0.1) is 5.56 Å². The van der Waals surface area contributed by atoms with Crippen LogP contribution in [0.5, 0.6) is 0 Å². The van der Waals surface area contributed by atoms with Crippen LogP contribution < -0.4 is 0 Å². The summed E-state index contributed by atoms with van der Waals surface area (Å²) in [4.78, 5) is 34.3. The van der Waals surface area contributed by atoms with Gasteiger partial charge in [-0.1, -0.05) is 41.5 Å². The molecule has 2 heterocycles. The monoisotopic (exact) mass is 447 g/mol. The summed E-state index contributed by atoms with van der Waals surface area (Å²) in [7, 11) is 0. The Balaban J connectivity index is 1.71. The number of rotatable bonds is 4. The van der Waals surface area contributed by atoms with E-state index in [1.807, 2.05) is 54.0 Å². The molecule has 1 aliphatic rings. The van der Waals surface area contributed by atoms with Gasteiger partial charge in [-0.25, -0.2) is 4.98 Å². The van der Waals surface area contributed by atoms with Crippen molar-refractivity contribution < 1.29 is 9.59 Å². The molecule has 2 amide bonds. The summed E-state index contributed by atoms with van der Waals surface area (Å²) >= 11 is 4.91. The Morgan fingerprint density at radius 1 is 1.04 bits per heavy atom. The fourth-order valence-corrected chi connectivity index (χ4v) is 4.05. The van der Waals surface area contributed by atoms with Crippen LogP contribution in [0.4, 0.5) is 0 Å². The number of aromatic nitrogens is 1. The highest BCUT2D eigenvalue weighted by atomic mass is 79.9. The van der Waals surface area contributed by atoms with Crippen LogP contribution >= 0.6 is 27.7 Å². The average Bonchev–Trinajstić information content (AvgIpc) is 2.69. The number of carbonyl (C=O) groups excluding carboxylic acids is 2. The highest BCUT2D eigenvalue weighted by Crippen LogP contribution is 2.30. The van der Waals surface area contributed by atoms with Crippen molar-refractivity contribution in [1.29, 1.82) is 0 Å². The molecule has 0 N–H and O–H groups in total. The predicted molar refractivity (Wildman–Crippen MR) is 110 cm³/mol. The Kier molecular flexibility index (Phi) is 6.55. The third kappa shape index (κ3) is 4.90. The summed E-state index contributed by atoms with van der Waals surface area (Å²) in [6.45, 7) is 6.07. The quantitative estimate of drug-likeness (QED) is 0.711. The van der Waals surface area contributed by atoms with E-state index in [4.69, 9.17) is 0 Å². The van der Waals surface area contributed by atoms with Gasteiger partial charge in [0.1, 0.15) is 5.03 Å². The summed E-state index contributed by atoms with van der Waals surface area (Å²) in [5.74, 6) is 0.105. The van der Waals surface area contributed by atoms with E-state index in [1.54, 1.807) is 12.3 Å². The molecule has 0 spiro atoms. The molecule has 1 aliphatic heterocycles. The van der Waals surface area contributed by atoms with Crippen LogP contribution in [0.2, 0.25) is 0 Å². The second kappa shape index (κ2) is 8.89. The summed E-state index contributed by atoms with van der Waals surface area (Å²) in [5.41, 5.74) is 0.606. The second-order valence-corrected chi connectivity index (χ2v) is 8.66. The van der Waals surface area contributed by atoms with Gasteiger partial charge in [-0.05, 0) is 36.4 Å². The zero-order chi connectivity index (χ0) is 19.4. The molecule has 2 aromatic rings. The maximum absolute atomic E-state index is 13.0. The third-order valence-electron chi connectivity index (χ3n) is 4.40. The number of benzene rings is 1. The highest BCUT2D eigenvalue weighted by Gasteiger charge is 2.27. The minimum atomic E-state index is -0.0284. The van der Waals surface area contributed by atoms with Gasteiger partial charge in [-0.3, -0.25) is 9.59 Å². The first-order chi connectivity index (χ1) is 13.0. The topological polar surface area (TPSA) is 53.5 Å². The number of halogens is 1. The zero-order valence-electron chi connectivity index (χ0n) is 15.4. The molecule has 0 unspecified atom stereocenters. The Morgan fingerprint density at radius 3 is 2.30 bits per heavy atom. The molecule has 0 atom stereocenters. The number of hydrogen-bond donors (Lipinski definition) is 0. The Labute approximate surface area is 172 Å². The van der Waals surface area contributed by atoms with Crippen LogP contribution in [0.25, 0.3) is 0 Å². The van der Waals surface area contributed by atoms with Crippen molar-refractivity contribution in [3.05, 3.63) is 52.6 Å². The molecular weight excluding hydrogens is 426 g/mol. The predicted octanol–water partition coefficient (Wildman–Crippen LogP) is 3.94. The van der Waals surface area contributed by atoms with Crippen molar-refractivity contribution in [2.45, 2.75) is 23.8 Å². The van der Waals surface area contributed by atoms with Crippen LogP contribution in [0, 0.1) is 5.92 Å². The number of nitrogens with zero attached hydrogens (tertiary/aromatic N) is 3. The van der Waals surface area contributed by atoms with Crippen LogP contribution in [0.3, 0.4) is 0 Å². The Bertz CT molecular complexity index is 818. The van der Waals surface area contributed by atoms with Gasteiger partial charge in [0.25, 0.3) is 5.91 Å². The minimum Gasteiger partial charge on any atom is -0.339 e. The van der Waals surface area contributed by atoms with E-state index in [0.29, 0.717) is 36.8 Å². The van der Waals surface area contributed by atoms with Crippen LogP contribution in [-0.2, 0) is 4.79 Å². The van der Waals surface area contributed by atoms with Crippen molar-refractivity contribution in [2.24, 2.45) is 5.92 Å². The molecule has 0 radical (unpaired) electrons. The molecule has 7 heteroatoms. The number of piperazine rings is 1. The molecular formula is C20H22BrN3O2S. The first-order valence-electron chi connectivity index (χ1n) is 8.92. The van der Waals surface area contributed by atoms with Gasteiger partial charge in [0.15, 0.2) is 0 Å². The van der Waals surface area contributed by atoms with E-state index < -0.39 is 0 Å². The lowest BCUT2D eigenvalue weighted by Gasteiger charge is -2.35. The maximum atomic E-state index is 13.0. The lowest BCUT2D eigenvalue weighted by Crippen LogP contribution is -2.51. The van der Waals surface area contributed by atoms with Gasteiger partial charge >= 0.3 is 0 Å². The largest absolute Gasteiger partial charge is 0.339 e. The lowest BCUT2D eigenvalue weighted by atomic mass is 10.1. The van der Waals surface area contributed by atoms with E-state index >= 15 is 0 Å². The Morgan fingerprint density at radius 2 is 1.67 bits per heavy atom. The average molecular weight is 448 g/mol. The highest BCUT2D eigenvalue weighted by molar-refractivity contribution is 9.10. The van der Waals surface area contributed by atoms with E-state index in [-0.39, 0.29) is 17.7 Å². The number of carbonyl (C=O) groups is 2. The molecule has 1 fully saturated rings. The normalized spacial score (nSPS) is 14.5. The van der Waals surface area contributed by atoms with E-state index in [2.05, 4.69) is 20.9 Å². The standard InChI is InChI=1S/C20H22BrN3O2S/c1-14(2)19(25)23-10-12-24(13-11-23)20(26)17-4-3-9-22-18(17)27-16-7-5-15(21)6-8-16/h3-9,14H,10-13H2,1-2H3. The third-order valence-corrected chi connectivity index (χ3v) is 5.96. The molecule has 142 valence electrons. The fraction of sp³-hybridized carbons (Fsp3) is 0.350. The van der Waals surface area contributed by atoms with Crippen molar-refractivity contribution in [2.75, 3.05) is 26.2 Å². The molecule has 0 saturated carbocycles. The van der Waals surface area contributed by atoms with Gasteiger partial charge in [-0.15, -0.1) is 0 Å². The van der Waals surface area contributed by atoms with Crippen molar-refractivity contribution >= 4 is 39.5 Å². The lowest BCUT2D eigenvalue weighted by molar-refractivity contribution is -0.135. The summed E-state index contributed by atoms with van der Waals surface area (Å²) in [6.07, 6.45) is 1.71. The summed E-state index contributed by atoms with van der Waals surface area (Å²) in [5, 5.41) is 0.700. The second-order valence-electron chi connectivity index (χ2n) is 6.68. The number of amides is 2. The molecule has 3 rings (SSSR count). The van der Waals surface area contributed by atoms with Crippen LogP contribution in [-0.4, -0.2) is 52.8 Å². The molecule has 5 nitrogen and oxygen atoms in total. The minimum absolute atomic E-state index is 0.0144. The van der Waals surface area contributed by atoms with Crippen molar-refractivity contribution in [3.63, 3.8) is 0 Å². The smallest absolute Gasteiger partial charge is 0.256 e. The first kappa shape index (κ1) is 19.9. The van der Waals surface area contributed by atoms with E-state index in [9.17, 15) is 9.59 Å². The van der Waals surface area contributed by atoms with Crippen LogP contribution in [0.1, 0.15) is 24.2 Å². The summed E-state index contributed by atoms with van der Waals surface area (Å²) in [6, 6.07) is 11.5. The van der Waals surface area contributed by atoms with Gasteiger partial charge in [0, 0.05) is 47.7 Å². The number of pyridine rings is 1. The van der Waals surface area contributed by atoms with Gasteiger partial charge in [-0.2, -0.15) is 0 Å². The molecule has 27 heavy (non-hydrogen) atoms. The number of hydrogen-bond acceptors (Lipinski definition) is 4. The zero-order valence-corrected chi connectivity index (χ0v) is 17.8. The molecule has 1 aromatic carbocycles. The van der Waals surface area contributed by atoms with Crippen LogP contribution in [0.15, 0.2) is 57.0 Å². The SMILES string of the molecule is CC(C)C(=O)N1CCN(C(=O)c2cccnc2Sc2ccc(Br)cc2)CC1. The van der Waals surface area contributed by atoms with Crippen molar-refractivity contribution in [1.82, 2.24) is 14.8 Å². The molecule has 0 aliphatic carbocycles. The van der Waals surface area contributed by atoms with Crippen molar-refractivity contribution in [3.8, 4) is 0 Å². The van der Waals surface area contributed by atoms with E-state index in [0.717, 1.165) is 9.37 Å². The molecule has 0 bridgehead atoms. The fourth-order valence-electron chi connectivity index (χ4n) is 2.91. The van der Waals surface area contributed by atoms with Gasteiger partial charge in [0.2, 0.25) is 5.91 Å². The molecule has 1 saturated heterocycles. The Hall–Kier alpha value is -1.86. The first-order valence-corrected chi connectivity index (χ1v) is 10.5. The van der Waals surface area contributed by atoms with Gasteiger partial charge < -0.3 is 9.80 Å². The van der Waals surface area contributed by atoms with E-state index in [1.165, 1.54) is 11.8 Å². The molecule has 1 aromatic heterocycles. The maximum Gasteiger partial charge on any atom is 0.256 e.